The van der Waals surface area contributed by atoms with Gasteiger partial charge >= 0.3 is 0 Å². The van der Waals surface area contributed by atoms with Gasteiger partial charge in [0.25, 0.3) is 5.91 Å². The molecule has 1 aromatic heterocycles. The van der Waals surface area contributed by atoms with Crippen molar-refractivity contribution in [1.82, 2.24) is 25.5 Å². The Morgan fingerprint density at radius 3 is 2.84 bits per heavy atom. The third-order valence-electron chi connectivity index (χ3n) is 5.50. The highest BCUT2D eigenvalue weighted by atomic mass is 16.3. The lowest BCUT2D eigenvalue weighted by molar-refractivity contribution is -0.164. The van der Waals surface area contributed by atoms with E-state index in [1.807, 2.05) is 23.1 Å². The quantitative estimate of drug-likeness (QED) is 0.874. The third-order valence-corrected chi connectivity index (χ3v) is 5.50. The molecule has 1 aromatic carbocycles. The number of likely N-dealkylation sites (tertiary alicyclic amines) is 1. The summed E-state index contributed by atoms with van der Waals surface area (Å²) in [7, 11) is 0. The van der Waals surface area contributed by atoms with Gasteiger partial charge in [0.1, 0.15) is 5.60 Å². The Hall–Kier alpha value is -2.28. The number of H-pyrrole nitrogens is 1. The lowest BCUT2D eigenvalue weighted by Gasteiger charge is -2.46. The van der Waals surface area contributed by atoms with Crippen molar-refractivity contribution in [2.24, 2.45) is 5.92 Å². The molecule has 7 nitrogen and oxygen atoms in total. The Morgan fingerprint density at radius 1 is 1.32 bits per heavy atom. The van der Waals surface area contributed by atoms with Crippen LogP contribution < -0.4 is 0 Å². The maximum atomic E-state index is 12.9. The first-order valence-corrected chi connectivity index (χ1v) is 8.93. The summed E-state index contributed by atoms with van der Waals surface area (Å²) in [6, 6.07) is 10.1. The molecule has 132 valence electrons. The molecule has 2 aromatic rings. The maximum absolute atomic E-state index is 12.9. The number of tetrazole rings is 1. The molecule has 1 aliphatic carbocycles. The van der Waals surface area contributed by atoms with Crippen LogP contribution in [0.3, 0.4) is 0 Å². The van der Waals surface area contributed by atoms with Crippen LogP contribution in [0.1, 0.15) is 43.0 Å². The summed E-state index contributed by atoms with van der Waals surface area (Å²) in [5, 5.41) is 24.8. The number of nitrogens with one attached hydrogen (secondary N) is 1. The Morgan fingerprint density at radius 2 is 2.12 bits per heavy atom. The van der Waals surface area contributed by atoms with Crippen molar-refractivity contribution in [3.8, 4) is 0 Å². The second-order valence-corrected chi connectivity index (χ2v) is 7.34. The van der Waals surface area contributed by atoms with Gasteiger partial charge < -0.3 is 10.0 Å². The Labute approximate surface area is 146 Å². The minimum atomic E-state index is -1.20. The molecular weight excluding hydrogens is 318 g/mol. The van der Waals surface area contributed by atoms with Crippen LogP contribution in [0.25, 0.3) is 0 Å². The second-order valence-electron chi connectivity index (χ2n) is 7.34. The van der Waals surface area contributed by atoms with Crippen molar-refractivity contribution in [2.45, 2.75) is 43.6 Å². The predicted octanol–water partition coefficient (Wildman–Crippen LogP) is 1.29. The van der Waals surface area contributed by atoms with E-state index >= 15 is 0 Å². The van der Waals surface area contributed by atoms with Crippen LogP contribution in [0.2, 0.25) is 0 Å². The van der Waals surface area contributed by atoms with Crippen molar-refractivity contribution in [1.29, 1.82) is 0 Å². The van der Waals surface area contributed by atoms with E-state index in [9.17, 15) is 9.90 Å². The minimum absolute atomic E-state index is 0.113. The molecule has 1 aliphatic heterocycles. The summed E-state index contributed by atoms with van der Waals surface area (Å²) in [5.74, 6) is 1.17. The minimum Gasteiger partial charge on any atom is -0.380 e. The number of amides is 1. The first-order chi connectivity index (χ1) is 12.1. The number of piperidine rings is 1. The third kappa shape index (κ3) is 3.28. The van der Waals surface area contributed by atoms with Crippen LogP contribution in [0.4, 0.5) is 0 Å². The zero-order chi connectivity index (χ0) is 17.3. The molecule has 2 fully saturated rings. The largest absolute Gasteiger partial charge is 0.380 e. The Kier molecular flexibility index (Phi) is 4.25. The highest BCUT2D eigenvalue weighted by Crippen LogP contribution is 2.46. The molecular formula is C18H23N5O2. The molecule has 0 bridgehead atoms. The van der Waals surface area contributed by atoms with Gasteiger partial charge in [-0.1, -0.05) is 35.5 Å². The topological polar surface area (TPSA) is 95.0 Å². The number of hydrogen-bond donors (Lipinski definition) is 2. The zero-order valence-electron chi connectivity index (χ0n) is 14.1. The fourth-order valence-corrected chi connectivity index (χ4v) is 4.13. The van der Waals surface area contributed by atoms with Gasteiger partial charge in [-0.25, -0.2) is 0 Å². The van der Waals surface area contributed by atoms with E-state index in [-0.39, 0.29) is 11.8 Å². The van der Waals surface area contributed by atoms with Crippen LogP contribution in [0.15, 0.2) is 30.3 Å². The van der Waals surface area contributed by atoms with Gasteiger partial charge in [-0.05, 0) is 43.1 Å². The van der Waals surface area contributed by atoms with Gasteiger partial charge in [-0.15, -0.1) is 10.2 Å². The lowest BCUT2D eigenvalue weighted by atomic mass is 9.67. The molecule has 2 heterocycles. The highest BCUT2D eigenvalue weighted by molar-refractivity contribution is 5.86. The van der Waals surface area contributed by atoms with E-state index in [2.05, 4.69) is 32.8 Å². The maximum Gasteiger partial charge on any atom is 0.254 e. The van der Waals surface area contributed by atoms with E-state index in [0.717, 1.165) is 19.4 Å². The Bertz CT molecular complexity index is 712. The SMILES string of the molecule is O=C(N1CCCC(Cc2nn[nH]n2)C1)C1(O)CC(c2ccccc2)C1. The Balaban J connectivity index is 1.36. The molecule has 1 saturated carbocycles. The summed E-state index contributed by atoms with van der Waals surface area (Å²) in [4.78, 5) is 14.7. The monoisotopic (exact) mass is 341 g/mol. The van der Waals surface area contributed by atoms with Gasteiger partial charge in [0.15, 0.2) is 5.82 Å². The van der Waals surface area contributed by atoms with Gasteiger partial charge in [0, 0.05) is 19.5 Å². The number of nitrogens with zero attached hydrogens (tertiary/aromatic N) is 4. The molecule has 1 unspecified atom stereocenters. The van der Waals surface area contributed by atoms with E-state index in [0.29, 0.717) is 37.5 Å². The molecule has 1 amide bonds. The standard InChI is InChI=1S/C18H23N5O2/c24-17(18(25)10-15(11-18)14-6-2-1-3-7-14)23-8-4-5-13(12-23)9-16-19-21-22-20-16/h1-3,6-7,13,15,25H,4-5,8-12H2,(H,19,20,21,22). The van der Waals surface area contributed by atoms with Gasteiger partial charge in [0.05, 0.1) is 0 Å². The highest BCUT2D eigenvalue weighted by Gasteiger charge is 2.51. The fraction of sp³-hybridized carbons (Fsp3) is 0.556. The zero-order valence-corrected chi connectivity index (χ0v) is 14.1. The first kappa shape index (κ1) is 16.2. The van der Waals surface area contributed by atoms with Crippen LogP contribution in [-0.4, -0.2) is 55.2 Å². The van der Waals surface area contributed by atoms with E-state index < -0.39 is 5.60 Å². The van der Waals surface area contributed by atoms with Crippen molar-refractivity contribution < 1.29 is 9.90 Å². The number of carbonyl (C=O) groups excluding carboxylic acids is 1. The average Bonchev–Trinajstić information content (AvgIpc) is 3.12. The van der Waals surface area contributed by atoms with Crippen molar-refractivity contribution in [2.75, 3.05) is 13.1 Å². The number of aliphatic hydroxyl groups is 1. The van der Waals surface area contributed by atoms with Crippen molar-refractivity contribution in [3.05, 3.63) is 41.7 Å². The van der Waals surface area contributed by atoms with E-state index in [1.54, 1.807) is 0 Å². The lowest BCUT2D eigenvalue weighted by Crippen LogP contribution is -2.57. The number of rotatable bonds is 4. The molecule has 2 aliphatic rings. The number of hydrogen-bond acceptors (Lipinski definition) is 5. The molecule has 25 heavy (non-hydrogen) atoms. The van der Waals surface area contributed by atoms with Crippen molar-refractivity contribution in [3.63, 3.8) is 0 Å². The van der Waals surface area contributed by atoms with Gasteiger partial charge in [-0.2, -0.15) is 5.21 Å². The normalized spacial score (nSPS) is 29.2. The summed E-state index contributed by atoms with van der Waals surface area (Å²) >= 11 is 0. The number of carbonyl (C=O) groups is 1. The fourth-order valence-electron chi connectivity index (χ4n) is 4.13. The molecule has 0 radical (unpaired) electrons. The first-order valence-electron chi connectivity index (χ1n) is 8.93. The van der Waals surface area contributed by atoms with Crippen LogP contribution in [-0.2, 0) is 11.2 Å². The van der Waals surface area contributed by atoms with Crippen LogP contribution in [0, 0.1) is 5.92 Å². The average molecular weight is 341 g/mol. The van der Waals surface area contributed by atoms with Gasteiger partial charge in [-0.3, -0.25) is 4.79 Å². The predicted molar refractivity (Wildman–Crippen MR) is 90.6 cm³/mol. The number of benzene rings is 1. The molecule has 0 spiro atoms. The van der Waals surface area contributed by atoms with Crippen molar-refractivity contribution >= 4 is 5.91 Å². The van der Waals surface area contributed by atoms with Gasteiger partial charge in [0.2, 0.25) is 0 Å². The number of aromatic nitrogens is 4. The summed E-state index contributed by atoms with van der Waals surface area (Å²) in [5.41, 5.74) is 0.00255. The summed E-state index contributed by atoms with van der Waals surface area (Å²) in [6.45, 7) is 1.38. The van der Waals surface area contributed by atoms with Crippen LogP contribution >= 0.6 is 0 Å². The van der Waals surface area contributed by atoms with E-state index in [1.165, 1.54) is 5.56 Å². The molecule has 7 heteroatoms. The van der Waals surface area contributed by atoms with Crippen LogP contribution in [0.5, 0.6) is 0 Å². The molecule has 1 atom stereocenters. The summed E-state index contributed by atoms with van der Waals surface area (Å²) in [6.07, 6.45) is 3.74. The smallest absolute Gasteiger partial charge is 0.254 e. The molecule has 4 rings (SSSR count). The number of aromatic amines is 1. The summed E-state index contributed by atoms with van der Waals surface area (Å²) < 4.78 is 0. The molecule has 1 saturated heterocycles. The molecule has 2 N–H and O–H groups in total. The second kappa shape index (κ2) is 6.55. The van der Waals surface area contributed by atoms with E-state index in [4.69, 9.17) is 0 Å².